The second-order valence-corrected chi connectivity index (χ2v) is 7.46. The van der Waals surface area contributed by atoms with E-state index in [0.29, 0.717) is 4.96 Å². The minimum Gasteiger partial charge on any atom is -0.481 e. The zero-order valence-electron chi connectivity index (χ0n) is 14.9. The number of benzene rings is 1. The molecule has 1 aromatic carbocycles. The number of aromatic nitrogens is 2. The van der Waals surface area contributed by atoms with Crippen molar-refractivity contribution in [3.05, 3.63) is 68.6 Å². The summed E-state index contributed by atoms with van der Waals surface area (Å²) >= 11 is 1.38. The highest BCUT2D eigenvalue weighted by Crippen LogP contribution is 2.18. The second kappa shape index (κ2) is 7.71. The normalized spacial score (nSPS) is 12.1. The number of carboxylic acid groups (broad SMARTS) is 1. The molecule has 27 heavy (non-hydrogen) atoms. The van der Waals surface area contributed by atoms with Gasteiger partial charge in [0.2, 0.25) is 0 Å². The van der Waals surface area contributed by atoms with Crippen molar-refractivity contribution in [2.75, 3.05) is 6.54 Å². The largest absolute Gasteiger partial charge is 0.481 e. The Morgan fingerprint density at radius 3 is 2.63 bits per heavy atom. The molecule has 8 heteroatoms. The lowest BCUT2D eigenvalue weighted by Crippen LogP contribution is -2.37. The number of fused-ring (bicyclic) bond motifs is 1. The van der Waals surface area contributed by atoms with Crippen LogP contribution in [0, 0.1) is 19.8 Å². The summed E-state index contributed by atoms with van der Waals surface area (Å²) in [5.74, 6) is -2.42. The van der Waals surface area contributed by atoms with Crippen LogP contribution in [0.15, 0.2) is 41.3 Å². The van der Waals surface area contributed by atoms with E-state index in [0.717, 1.165) is 16.1 Å². The molecule has 0 fully saturated rings. The van der Waals surface area contributed by atoms with E-state index in [-0.39, 0.29) is 18.5 Å². The van der Waals surface area contributed by atoms with Crippen molar-refractivity contribution in [3.63, 3.8) is 0 Å². The maximum Gasteiger partial charge on any atom is 0.308 e. The van der Waals surface area contributed by atoms with Gasteiger partial charge in [0.15, 0.2) is 4.96 Å². The van der Waals surface area contributed by atoms with Gasteiger partial charge in [0, 0.05) is 23.3 Å². The van der Waals surface area contributed by atoms with Crippen molar-refractivity contribution in [2.45, 2.75) is 20.3 Å². The molecular formula is C19H19N3O4S. The molecule has 3 aromatic rings. The minimum absolute atomic E-state index is 0.0765. The Balaban J connectivity index is 1.77. The molecule has 7 nitrogen and oxygen atoms in total. The number of carbonyl (C=O) groups excluding carboxylic acids is 1. The first-order valence-electron chi connectivity index (χ1n) is 8.41. The number of amides is 1. The third kappa shape index (κ3) is 3.90. The fourth-order valence-electron chi connectivity index (χ4n) is 2.79. The smallest absolute Gasteiger partial charge is 0.308 e. The summed E-state index contributed by atoms with van der Waals surface area (Å²) in [7, 11) is 0. The molecule has 0 saturated heterocycles. The van der Waals surface area contributed by atoms with Gasteiger partial charge in [-0.3, -0.25) is 18.8 Å². The average molecular weight is 385 g/mol. The van der Waals surface area contributed by atoms with E-state index >= 15 is 0 Å². The Bertz CT molecular complexity index is 1060. The number of aliphatic carboxylic acids is 1. The molecule has 3 rings (SSSR count). The first-order chi connectivity index (χ1) is 12.9. The number of thiazole rings is 1. The molecule has 0 aliphatic rings. The molecule has 2 aromatic heterocycles. The van der Waals surface area contributed by atoms with Gasteiger partial charge < -0.3 is 10.4 Å². The minimum atomic E-state index is -1.01. The van der Waals surface area contributed by atoms with Gasteiger partial charge in [0.1, 0.15) is 5.56 Å². The predicted molar refractivity (Wildman–Crippen MR) is 102 cm³/mol. The van der Waals surface area contributed by atoms with Crippen LogP contribution in [0.25, 0.3) is 4.96 Å². The number of nitrogens with zero attached hydrogens (tertiary/aromatic N) is 2. The monoisotopic (exact) mass is 385 g/mol. The van der Waals surface area contributed by atoms with Crippen LogP contribution in [-0.4, -0.2) is 32.9 Å². The number of hydrogen-bond donors (Lipinski definition) is 2. The Hall–Kier alpha value is -3.00. The SMILES string of the molecule is Cc1sc2ncc(C(=O)NCC(Cc3ccccc3)C(=O)O)c(=O)n2c1C. The van der Waals surface area contributed by atoms with E-state index in [9.17, 15) is 19.5 Å². The van der Waals surface area contributed by atoms with Crippen molar-refractivity contribution in [1.29, 1.82) is 0 Å². The zero-order chi connectivity index (χ0) is 19.6. The van der Waals surface area contributed by atoms with Crippen LogP contribution >= 0.6 is 11.3 Å². The molecule has 0 spiro atoms. The van der Waals surface area contributed by atoms with Gasteiger partial charge in [-0.2, -0.15) is 0 Å². The van der Waals surface area contributed by atoms with E-state index in [1.807, 2.05) is 37.3 Å². The van der Waals surface area contributed by atoms with Gasteiger partial charge in [-0.25, -0.2) is 4.98 Å². The van der Waals surface area contributed by atoms with Crippen LogP contribution in [-0.2, 0) is 11.2 Å². The van der Waals surface area contributed by atoms with Gasteiger partial charge in [-0.15, -0.1) is 11.3 Å². The molecule has 2 N–H and O–H groups in total. The van der Waals surface area contributed by atoms with E-state index in [4.69, 9.17) is 0 Å². The molecule has 1 unspecified atom stereocenters. The molecule has 0 aliphatic heterocycles. The summed E-state index contributed by atoms with van der Waals surface area (Å²) in [6.45, 7) is 3.60. The molecule has 1 atom stereocenters. The van der Waals surface area contributed by atoms with E-state index in [2.05, 4.69) is 10.3 Å². The van der Waals surface area contributed by atoms with Gasteiger partial charge in [-0.05, 0) is 25.8 Å². The van der Waals surface area contributed by atoms with Crippen molar-refractivity contribution in [2.24, 2.45) is 5.92 Å². The van der Waals surface area contributed by atoms with E-state index in [1.54, 1.807) is 6.92 Å². The fraction of sp³-hybridized carbons (Fsp3) is 0.263. The highest BCUT2D eigenvalue weighted by molar-refractivity contribution is 7.17. The van der Waals surface area contributed by atoms with Crippen molar-refractivity contribution in [3.8, 4) is 0 Å². The summed E-state index contributed by atoms with van der Waals surface area (Å²) < 4.78 is 1.41. The van der Waals surface area contributed by atoms with Gasteiger partial charge in [0.05, 0.1) is 5.92 Å². The van der Waals surface area contributed by atoms with Crippen LogP contribution in [0.2, 0.25) is 0 Å². The van der Waals surface area contributed by atoms with Gasteiger partial charge in [-0.1, -0.05) is 30.3 Å². The number of rotatable bonds is 6. The molecule has 0 aliphatic carbocycles. The number of carbonyl (C=O) groups is 2. The van der Waals surface area contributed by atoms with Crippen molar-refractivity contribution >= 4 is 28.2 Å². The molecule has 0 saturated carbocycles. The van der Waals surface area contributed by atoms with Crippen molar-refractivity contribution in [1.82, 2.24) is 14.7 Å². The maximum atomic E-state index is 12.6. The first kappa shape index (κ1) is 18.8. The number of hydrogen-bond acceptors (Lipinski definition) is 5. The number of aryl methyl sites for hydroxylation is 2. The van der Waals surface area contributed by atoms with Crippen LogP contribution in [0.5, 0.6) is 0 Å². The quantitative estimate of drug-likeness (QED) is 0.676. The van der Waals surface area contributed by atoms with Gasteiger partial charge >= 0.3 is 5.97 Å². The summed E-state index contributed by atoms with van der Waals surface area (Å²) in [6.07, 6.45) is 1.53. The van der Waals surface area contributed by atoms with E-state index in [1.165, 1.54) is 21.9 Å². The summed E-state index contributed by atoms with van der Waals surface area (Å²) in [4.78, 5) is 42.2. The Labute approximate surface area is 159 Å². The van der Waals surface area contributed by atoms with Gasteiger partial charge in [0.25, 0.3) is 11.5 Å². The molecular weight excluding hydrogens is 366 g/mol. The molecule has 140 valence electrons. The third-order valence-corrected chi connectivity index (χ3v) is 5.52. The lowest BCUT2D eigenvalue weighted by Gasteiger charge is -2.13. The Morgan fingerprint density at radius 1 is 1.26 bits per heavy atom. The number of carboxylic acids is 1. The predicted octanol–water partition coefficient (Wildman–Crippen LogP) is 2.05. The van der Waals surface area contributed by atoms with Crippen LogP contribution in [0.1, 0.15) is 26.5 Å². The zero-order valence-corrected chi connectivity index (χ0v) is 15.7. The second-order valence-electron chi connectivity index (χ2n) is 6.27. The van der Waals surface area contributed by atoms with Crippen molar-refractivity contribution < 1.29 is 14.7 Å². The Morgan fingerprint density at radius 2 is 1.96 bits per heavy atom. The first-order valence-corrected chi connectivity index (χ1v) is 9.22. The van der Waals surface area contributed by atoms with E-state index < -0.39 is 23.4 Å². The lowest BCUT2D eigenvalue weighted by atomic mass is 9.99. The highest BCUT2D eigenvalue weighted by atomic mass is 32.1. The van der Waals surface area contributed by atoms with Crippen LogP contribution in [0.3, 0.4) is 0 Å². The summed E-state index contributed by atoms with van der Waals surface area (Å²) in [6, 6.07) is 9.19. The molecule has 0 radical (unpaired) electrons. The molecule has 2 heterocycles. The maximum absolute atomic E-state index is 12.6. The lowest BCUT2D eigenvalue weighted by molar-refractivity contribution is -0.141. The summed E-state index contributed by atoms with van der Waals surface area (Å²) in [5, 5.41) is 12.0. The summed E-state index contributed by atoms with van der Waals surface area (Å²) in [5.41, 5.74) is 1.06. The van der Waals surface area contributed by atoms with Crippen LogP contribution < -0.4 is 10.9 Å². The molecule has 0 bridgehead atoms. The molecule has 1 amide bonds. The van der Waals surface area contributed by atoms with Crippen LogP contribution in [0.4, 0.5) is 0 Å². The Kier molecular flexibility index (Phi) is 5.36. The standard InChI is InChI=1S/C19H19N3O4S/c1-11-12(2)27-19-21-10-15(17(24)22(11)19)16(23)20-9-14(18(25)26)8-13-6-4-3-5-7-13/h3-7,10,14H,8-9H2,1-2H3,(H,20,23)(H,25,26). The average Bonchev–Trinajstić information content (AvgIpc) is 2.94. The fourth-order valence-corrected chi connectivity index (χ4v) is 3.72. The third-order valence-electron chi connectivity index (χ3n) is 4.45. The number of nitrogens with one attached hydrogen (secondary N) is 1. The highest BCUT2D eigenvalue weighted by Gasteiger charge is 2.21. The topological polar surface area (TPSA) is 101 Å².